The summed E-state index contributed by atoms with van der Waals surface area (Å²) in [6, 6.07) is 15.8. The number of rotatable bonds is 7. The molecule has 0 aliphatic heterocycles. The van der Waals surface area contributed by atoms with Gasteiger partial charge in [-0.2, -0.15) is 0 Å². The highest BCUT2D eigenvalue weighted by Gasteiger charge is 2.12. The normalized spacial score (nSPS) is 10.8. The zero-order valence-corrected chi connectivity index (χ0v) is 16.8. The van der Waals surface area contributed by atoms with Gasteiger partial charge in [-0.05, 0) is 31.0 Å². The van der Waals surface area contributed by atoms with Crippen molar-refractivity contribution in [2.24, 2.45) is 7.05 Å². The van der Waals surface area contributed by atoms with Gasteiger partial charge in [0.25, 0.3) is 0 Å². The highest BCUT2D eigenvalue weighted by atomic mass is 35.5. The first-order valence-electron chi connectivity index (χ1n) is 8.63. The predicted molar refractivity (Wildman–Crippen MR) is 110 cm³/mol. The van der Waals surface area contributed by atoms with Crippen LogP contribution in [0.15, 0.2) is 53.7 Å². The first kappa shape index (κ1) is 19.5. The second-order valence-electron chi connectivity index (χ2n) is 6.25. The van der Waals surface area contributed by atoms with Crippen molar-refractivity contribution in [2.45, 2.75) is 18.5 Å². The predicted octanol–water partition coefficient (Wildman–Crippen LogP) is 3.89. The molecule has 0 bridgehead atoms. The monoisotopic (exact) mass is 400 g/mol. The fraction of sp³-hybridized carbons (Fsp3) is 0.250. The molecule has 7 heteroatoms. The SMILES string of the molecule is Cc1ccc(-c2nnc(SCC(=O)NCCc3ccc(Cl)cc3)n2C)cc1. The zero-order valence-electron chi connectivity index (χ0n) is 15.3. The van der Waals surface area contributed by atoms with Crippen LogP contribution in [0.4, 0.5) is 0 Å². The van der Waals surface area contributed by atoms with E-state index < -0.39 is 0 Å². The van der Waals surface area contributed by atoms with Gasteiger partial charge in [0.2, 0.25) is 5.91 Å². The smallest absolute Gasteiger partial charge is 0.230 e. The summed E-state index contributed by atoms with van der Waals surface area (Å²) in [6.07, 6.45) is 0.773. The van der Waals surface area contributed by atoms with Crippen molar-refractivity contribution in [3.63, 3.8) is 0 Å². The maximum absolute atomic E-state index is 12.1. The number of nitrogens with one attached hydrogen (secondary N) is 1. The molecule has 1 N–H and O–H groups in total. The number of carbonyl (C=O) groups is 1. The van der Waals surface area contributed by atoms with Crippen LogP contribution in [0.1, 0.15) is 11.1 Å². The van der Waals surface area contributed by atoms with Crippen LogP contribution < -0.4 is 5.32 Å². The molecule has 0 unspecified atom stereocenters. The third-order valence-electron chi connectivity index (χ3n) is 4.13. The molecule has 0 saturated carbocycles. The molecule has 0 aliphatic carbocycles. The van der Waals surface area contributed by atoms with E-state index in [2.05, 4.69) is 15.5 Å². The van der Waals surface area contributed by atoms with Crippen LogP contribution in [0.5, 0.6) is 0 Å². The van der Waals surface area contributed by atoms with Crippen molar-refractivity contribution in [2.75, 3.05) is 12.3 Å². The summed E-state index contributed by atoms with van der Waals surface area (Å²) in [5.41, 5.74) is 3.35. The molecule has 0 radical (unpaired) electrons. The fourth-order valence-corrected chi connectivity index (χ4v) is 3.44. The van der Waals surface area contributed by atoms with Gasteiger partial charge >= 0.3 is 0 Å². The minimum Gasteiger partial charge on any atom is -0.355 e. The van der Waals surface area contributed by atoms with Gasteiger partial charge in [-0.15, -0.1) is 10.2 Å². The third-order valence-corrected chi connectivity index (χ3v) is 5.40. The molecule has 1 amide bonds. The minimum absolute atomic E-state index is 0.0196. The summed E-state index contributed by atoms with van der Waals surface area (Å²) in [5.74, 6) is 1.08. The van der Waals surface area contributed by atoms with Crippen molar-refractivity contribution in [1.82, 2.24) is 20.1 Å². The first-order chi connectivity index (χ1) is 13.0. The van der Waals surface area contributed by atoms with Crippen LogP contribution in [0.25, 0.3) is 11.4 Å². The maximum atomic E-state index is 12.1. The molecular weight excluding hydrogens is 380 g/mol. The molecule has 0 atom stereocenters. The number of aryl methyl sites for hydroxylation is 1. The lowest BCUT2D eigenvalue weighted by molar-refractivity contribution is -0.118. The van der Waals surface area contributed by atoms with Crippen LogP contribution in [0.2, 0.25) is 5.02 Å². The number of amides is 1. The average molecular weight is 401 g/mol. The molecule has 1 heterocycles. The molecule has 27 heavy (non-hydrogen) atoms. The van der Waals surface area contributed by atoms with E-state index in [1.54, 1.807) is 0 Å². The van der Waals surface area contributed by atoms with E-state index >= 15 is 0 Å². The molecule has 2 aromatic carbocycles. The Morgan fingerprint density at radius 2 is 1.81 bits per heavy atom. The van der Waals surface area contributed by atoms with Crippen LogP contribution in [-0.4, -0.2) is 33.0 Å². The van der Waals surface area contributed by atoms with Gasteiger partial charge in [-0.3, -0.25) is 4.79 Å². The Labute approximate surface area is 168 Å². The van der Waals surface area contributed by atoms with Gasteiger partial charge < -0.3 is 9.88 Å². The second-order valence-corrected chi connectivity index (χ2v) is 7.63. The average Bonchev–Trinajstić information content (AvgIpc) is 3.03. The van der Waals surface area contributed by atoms with Crippen molar-refractivity contribution >= 4 is 29.3 Å². The molecule has 3 rings (SSSR count). The highest BCUT2D eigenvalue weighted by Crippen LogP contribution is 2.22. The Morgan fingerprint density at radius 3 is 2.52 bits per heavy atom. The van der Waals surface area contributed by atoms with Crippen molar-refractivity contribution in [3.05, 3.63) is 64.7 Å². The summed E-state index contributed by atoms with van der Waals surface area (Å²) < 4.78 is 1.91. The number of nitrogens with zero attached hydrogens (tertiary/aromatic N) is 3. The Morgan fingerprint density at radius 1 is 1.11 bits per heavy atom. The van der Waals surface area contributed by atoms with Gasteiger partial charge in [0, 0.05) is 24.2 Å². The molecular formula is C20H21ClN4OS. The zero-order chi connectivity index (χ0) is 19.2. The summed E-state index contributed by atoms with van der Waals surface area (Å²) in [4.78, 5) is 12.1. The van der Waals surface area contributed by atoms with E-state index in [0.717, 1.165) is 28.5 Å². The topological polar surface area (TPSA) is 59.8 Å². The van der Waals surface area contributed by atoms with E-state index in [9.17, 15) is 4.79 Å². The largest absolute Gasteiger partial charge is 0.355 e. The summed E-state index contributed by atoms with van der Waals surface area (Å²) in [6.45, 7) is 2.64. The Hall–Kier alpha value is -2.31. The van der Waals surface area contributed by atoms with Gasteiger partial charge in [-0.25, -0.2) is 0 Å². The molecule has 1 aromatic heterocycles. The van der Waals surface area contributed by atoms with E-state index in [-0.39, 0.29) is 5.91 Å². The van der Waals surface area contributed by atoms with E-state index in [0.29, 0.717) is 17.3 Å². The maximum Gasteiger partial charge on any atom is 0.230 e. The first-order valence-corrected chi connectivity index (χ1v) is 9.99. The fourth-order valence-electron chi connectivity index (χ4n) is 2.57. The Balaban J connectivity index is 1.49. The van der Waals surface area contributed by atoms with Gasteiger partial charge in [0.1, 0.15) is 0 Å². The third kappa shape index (κ3) is 5.34. The Kier molecular flexibility index (Phi) is 6.53. The summed E-state index contributed by atoms with van der Waals surface area (Å²) in [5, 5.41) is 12.8. The number of aromatic nitrogens is 3. The van der Waals surface area contributed by atoms with Crippen molar-refractivity contribution < 1.29 is 4.79 Å². The number of carbonyl (C=O) groups excluding carboxylic acids is 1. The highest BCUT2D eigenvalue weighted by molar-refractivity contribution is 7.99. The second kappa shape index (κ2) is 9.06. The molecule has 0 aliphatic rings. The number of benzene rings is 2. The van der Waals surface area contributed by atoms with Crippen LogP contribution >= 0.6 is 23.4 Å². The van der Waals surface area contributed by atoms with E-state index in [1.165, 1.54) is 17.3 Å². The summed E-state index contributed by atoms with van der Waals surface area (Å²) >= 11 is 7.25. The van der Waals surface area contributed by atoms with Gasteiger partial charge in [0.15, 0.2) is 11.0 Å². The quantitative estimate of drug-likeness (QED) is 0.611. The molecule has 140 valence electrons. The van der Waals surface area contributed by atoms with Crippen LogP contribution in [0.3, 0.4) is 0 Å². The molecule has 5 nitrogen and oxygen atoms in total. The van der Waals surface area contributed by atoms with Crippen LogP contribution in [0, 0.1) is 6.92 Å². The number of hydrogen-bond donors (Lipinski definition) is 1. The minimum atomic E-state index is -0.0196. The lowest BCUT2D eigenvalue weighted by Gasteiger charge is -2.06. The Bertz CT molecular complexity index is 907. The summed E-state index contributed by atoms with van der Waals surface area (Å²) in [7, 11) is 1.91. The van der Waals surface area contributed by atoms with Gasteiger partial charge in [0.05, 0.1) is 5.75 Å². The molecule has 3 aromatic rings. The number of hydrogen-bond acceptors (Lipinski definition) is 4. The van der Waals surface area contributed by atoms with Crippen molar-refractivity contribution in [1.29, 1.82) is 0 Å². The number of thioether (sulfide) groups is 1. The van der Waals surface area contributed by atoms with Crippen LogP contribution in [-0.2, 0) is 18.3 Å². The molecule has 0 saturated heterocycles. The molecule has 0 fully saturated rings. The lowest BCUT2D eigenvalue weighted by atomic mass is 10.1. The van der Waals surface area contributed by atoms with E-state index in [1.807, 2.05) is 67.1 Å². The standard InChI is InChI=1S/C20H21ClN4OS/c1-14-3-7-16(8-4-14)19-23-24-20(25(19)2)27-13-18(26)22-12-11-15-5-9-17(21)10-6-15/h3-10H,11-13H2,1-2H3,(H,22,26). The lowest BCUT2D eigenvalue weighted by Crippen LogP contribution is -2.27. The number of halogens is 1. The molecule has 0 spiro atoms. The van der Waals surface area contributed by atoms with Crippen molar-refractivity contribution in [3.8, 4) is 11.4 Å². The van der Waals surface area contributed by atoms with E-state index in [4.69, 9.17) is 11.6 Å². The van der Waals surface area contributed by atoms with Gasteiger partial charge in [-0.1, -0.05) is 65.3 Å².